The highest BCUT2D eigenvalue weighted by molar-refractivity contribution is 5.82. The lowest BCUT2D eigenvalue weighted by Gasteiger charge is -2.45. The van der Waals surface area contributed by atoms with Crippen molar-refractivity contribution in [2.24, 2.45) is 0 Å². The van der Waals surface area contributed by atoms with E-state index in [1.807, 2.05) is 18.2 Å². The molecule has 2 heterocycles. The Morgan fingerprint density at radius 1 is 1.38 bits per heavy atom. The summed E-state index contributed by atoms with van der Waals surface area (Å²) in [5.74, 6) is 0.595. The normalized spacial score (nSPS) is 20.2. The molecule has 0 aromatic heterocycles. The Balaban J connectivity index is 1.59. The Morgan fingerprint density at radius 2 is 2.08 bits per heavy atom. The van der Waals surface area contributed by atoms with Gasteiger partial charge in [-0.1, -0.05) is 32.9 Å². The quantitative estimate of drug-likeness (QED) is 0.920. The van der Waals surface area contributed by atoms with Crippen LogP contribution in [0.4, 0.5) is 4.79 Å². The van der Waals surface area contributed by atoms with E-state index in [9.17, 15) is 9.59 Å². The Bertz CT molecular complexity index is 659. The van der Waals surface area contributed by atoms with Gasteiger partial charge in [0.25, 0.3) is 5.91 Å². The second kappa shape index (κ2) is 5.69. The summed E-state index contributed by atoms with van der Waals surface area (Å²) in [7, 11) is 0. The summed E-state index contributed by atoms with van der Waals surface area (Å²) in [6, 6.07) is 7.83. The third-order valence-corrected chi connectivity index (χ3v) is 4.49. The lowest BCUT2D eigenvalue weighted by atomic mass is 9.87. The van der Waals surface area contributed by atoms with Gasteiger partial charge >= 0.3 is 6.09 Å². The van der Waals surface area contributed by atoms with E-state index in [1.54, 1.807) is 11.8 Å². The maximum Gasteiger partial charge on any atom is 0.408 e. The van der Waals surface area contributed by atoms with Gasteiger partial charge in [0.05, 0.1) is 19.6 Å². The highest BCUT2D eigenvalue weighted by Gasteiger charge is 2.52. The van der Waals surface area contributed by atoms with Crippen LogP contribution in [0.3, 0.4) is 0 Å². The first kappa shape index (κ1) is 16.6. The molecule has 0 saturated carbocycles. The van der Waals surface area contributed by atoms with Gasteiger partial charge < -0.3 is 19.7 Å². The average molecular weight is 332 g/mol. The van der Waals surface area contributed by atoms with Crippen LogP contribution >= 0.6 is 0 Å². The Labute approximate surface area is 142 Å². The fourth-order valence-electron chi connectivity index (χ4n) is 3.03. The number of hydrogen-bond acceptors (Lipinski definition) is 4. The van der Waals surface area contributed by atoms with Crippen molar-refractivity contribution in [1.29, 1.82) is 0 Å². The number of hydrogen-bond donors (Lipinski definition) is 1. The van der Waals surface area contributed by atoms with Crippen molar-refractivity contribution >= 4 is 12.0 Å². The number of nitrogens with zero attached hydrogens (tertiary/aromatic N) is 1. The van der Waals surface area contributed by atoms with Gasteiger partial charge in [-0.3, -0.25) is 4.79 Å². The number of benzene rings is 1. The standard InChI is InChI=1S/C18H24N2O4/c1-12(23-14-7-5-6-13(8-14)17(2,3)4)15(21)20-10-18(11-20)9-19-16(22)24-18/h5-8,12H,9-11H2,1-4H3,(H,19,22). The first-order valence-corrected chi connectivity index (χ1v) is 8.21. The third-order valence-electron chi connectivity index (χ3n) is 4.49. The summed E-state index contributed by atoms with van der Waals surface area (Å²) in [5.41, 5.74) is 0.639. The zero-order valence-corrected chi connectivity index (χ0v) is 14.6. The predicted octanol–water partition coefficient (Wildman–Crippen LogP) is 2.07. The smallest absolute Gasteiger partial charge is 0.408 e. The van der Waals surface area contributed by atoms with Crippen LogP contribution < -0.4 is 10.1 Å². The van der Waals surface area contributed by atoms with Gasteiger partial charge in [-0.25, -0.2) is 4.79 Å². The summed E-state index contributed by atoms with van der Waals surface area (Å²) < 4.78 is 11.1. The summed E-state index contributed by atoms with van der Waals surface area (Å²) in [5, 5.41) is 2.63. The van der Waals surface area contributed by atoms with E-state index in [1.165, 1.54) is 0 Å². The minimum absolute atomic E-state index is 0.0236. The molecule has 1 unspecified atom stereocenters. The van der Waals surface area contributed by atoms with Crippen LogP contribution in [0.1, 0.15) is 33.3 Å². The van der Waals surface area contributed by atoms with Gasteiger partial charge in [-0.05, 0) is 30.0 Å². The fourth-order valence-corrected chi connectivity index (χ4v) is 3.03. The Morgan fingerprint density at radius 3 is 2.67 bits per heavy atom. The fraction of sp³-hybridized carbons (Fsp3) is 0.556. The first-order chi connectivity index (χ1) is 11.2. The van der Waals surface area contributed by atoms with Crippen LogP contribution in [0.2, 0.25) is 0 Å². The Hall–Kier alpha value is -2.24. The van der Waals surface area contributed by atoms with Gasteiger partial charge in [-0.2, -0.15) is 0 Å². The third kappa shape index (κ3) is 3.18. The molecule has 24 heavy (non-hydrogen) atoms. The summed E-state index contributed by atoms with van der Waals surface area (Å²) in [6.07, 6.45) is -0.993. The number of amides is 2. The van der Waals surface area contributed by atoms with Crippen molar-refractivity contribution in [2.45, 2.75) is 44.8 Å². The van der Waals surface area contributed by atoms with Crippen molar-refractivity contribution in [1.82, 2.24) is 10.2 Å². The number of likely N-dealkylation sites (tertiary alicyclic amines) is 1. The van der Waals surface area contributed by atoms with E-state index >= 15 is 0 Å². The molecule has 2 amide bonds. The van der Waals surface area contributed by atoms with Crippen molar-refractivity contribution < 1.29 is 19.1 Å². The number of rotatable bonds is 3. The van der Waals surface area contributed by atoms with E-state index in [2.05, 4.69) is 32.2 Å². The number of carbonyl (C=O) groups excluding carboxylic acids is 2. The van der Waals surface area contributed by atoms with Crippen molar-refractivity contribution in [3.63, 3.8) is 0 Å². The molecule has 2 aliphatic rings. The van der Waals surface area contributed by atoms with Crippen LogP contribution in [-0.4, -0.2) is 48.2 Å². The second-order valence-electron chi connectivity index (χ2n) is 7.66. The Kier molecular flexibility index (Phi) is 3.94. The lowest BCUT2D eigenvalue weighted by Crippen LogP contribution is -2.66. The second-order valence-corrected chi connectivity index (χ2v) is 7.66. The molecule has 2 saturated heterocycles. The summed E-state index contributed by atoms with van der Waals surface area (Å²) >= 11 is 0. The number of ether oxygens (including phenoxy) is 2. The van der Waals surface area contributed by atoms with E-state index in [0.717, 1.165) is 5.56 Å². The van der Waals surface area contributed by atoms with Crippen molar-refractivity contribution in [2.75, 3.05) is 19.6 Å². The molecule has 1 aromatic carbocycles. The first-order valence-electron chi connectivity index (χ1n) is 8.21. The average Bonchev–Trinajstić information content (AvgIpc) is 2.86. The maximum atomic E-state index is 12.5. The summed E-state index contributed by atoms with van der Waals surface area (Å²) in [6.45, 7) is 9.44. The van der Waals surface area contributed by atoms with Crippen LogP contribution in [0, 0.1) is 0 Å². The molecule has 6 nitrogen and oxygen atoms in total. The van der Waals surface area contributed by atoms with Crippen LogP contribution in [-0.2, 0) is 14.9 Å². The molecule has 1 N–H and O–H groups in total. The van der Waals surface area contributed by atoms with Gasteiger partial charge in [0.2, 0.25) is 0 Å². The molecule has 1 spiro atoms. The van der Waals surface area contributed by atoms with Crippen molar-refractivity contribution in [3.05, 3.63) is 29.8 Å². The van der Waals surface area contributed by atoms with Gasteiger partial charge in [0, 0.05) is 0 Å². The molecule has 0 bridgehead atoms. The molecular formula is C18H24N2O4. The minimum Gasteiger partial charge on any atom is -0.481 e. The highest BCUT2D eigenvalue weighted by Crippen LogP contribution is 2.30. The van der Waals surface area contributed by atoms with Gasteiger partial charge in [-0.15, -0.1) is 0 Å². The molecule has 1 aromatic rings. The van der Waals surface area contributed by atoms with E-state index in [4.69, 9.17) is 9.47 Å². The molecule has 0 radical (unpaired) electrons. The lowest BCUT2D eigenvalue weighted by molar-refractivity contribution is -0.156. The molecule has 3 rings (SSSR count). The van der Waals surface area contributed by atoms with Gasteiger partial charge in [0.15, 0.2) is 11.7 Å². The number of nitrogens with one attached hydrogen (secondary N) is 1. The minimum atomic E-state index is -0.581. The van der Waals surface area contributed by atoms with Crippen molar-refractivity contribution in [3.8, 4) is 5.75 Å². The van der Waals surface area contributed by atoms with Gasteiger partial charge in [0.1, 0.15) is 5.75 Å². The maximum absolute atomic E-state index is 12.5. The zero-order chi connectivity index (χ0) is 17.5. The molecule has 2 fully saturated rings. The van der Waals surface area contributed by atoms with E-state index < -0.39 is 17.8 Å². The molecule has 130 valence electrons. The number of alkyl carbamates (subject to hydrolysis) is 1. The summed E-state index contributed by atoms with van der Waals surface area (Å²) in [4.78, 5) is 25.3. The molecule has 0 aliphatic carbocycles. The van der Waals surface area contributed by atoms with Crippen LogP contribution in [0.5, 0.6) is 5.75 Å². The highest BCUT2D eigenvalue weighted by atomic mass is 16.6. The van der Waals surface area contributed by atoms with E-state index in [0.29, 0.717) is 25.4 Å². The molecule has 6 heteroatoms. The SMILES string of the molecule is CC(Oc1cccc(C(C)(C)C)c1)C(=O)N1CC2(CNC(=O)O2)C1. The predicted molar refractivity (Wildman–Crippen MR) is 89.0 cm³/mol. The largest absolute Gasteiger partial charge is 0.481 e. The number of carbonyl (C=O) groups is 2. The molecule has 1 atom stereocenters. The van der Waals surface area contributed by atoms with Crippen LogP contribution in [0.15, 0.2) is 24.3 Å². The van der Waals surface area contributed by atoms with E-state index in [-0.39, 0.29) is 11.3 Å². The molecular weight excluding hydrogens is 308 g/mol. The van der Waals surface area contributed by atoms with Crippen LogP contribution in [0.25, 0.3) is 0 Å². The molecule has 2 aliphatic heterocycles. The topological polar surface area (TPSA) is 67.9 Å². The zero-order valence-electron chi connectivity index (χ0n) is 14.6. The monoisotopic (exact) mass is 332 g/mol.